The third-order valence-corrected chi connectivity index (χ3v) is 7.32. The number of nitrogens with zero attached hydrogens (tertiary/aromatic N) is 4. The van der Waals surface area contributed by atoms with E-state index in [0.717, 1.165) is 29.7 Å². The van der Waals surface area contributed by atoms with Crippen molar-refractivity contribution in [3.63, 3.8) is 0 Å². The van der Waals surface area contributed by atoms with Gasteiger partial charge >= 0.3 is 0 Å². The Morgan fingerprint density at radius 3 is 2.53 bits per heavy atom. The van der Waals surface area contributed by atoms with Gasteiger partial charge in [-0.2, -0.15) is 4.31 Å². The molecule has 1 aliphatic rings. The standard InChI is InChI=1S/C22H26N6O3S.C2H6/c1-15-9-10-24-22(26-15)27-18-4-3-11-28(14-18)32(29,30)19-7-5-16(6-8-19)17-12-20(31-2)21(23)25-13-17;1-2/h5-10,12-13,18H,3-4,11,14H2,1-2H3,(H2,23,25)(H,24,26,27);1-2H3/t18-;/m1./s1. The molecule has 0 saturated carbocycles. The summed E-state index contributed by atoms with van der Waals surface area (Å²) in [6, 6.07) is 10.3. The summed E-state index contributed by atoms with van der Waals surface area (Å²) in [5.41, 5.74) is 8.25. The molecule has 0 radical (unpaired) electrons. The zero-order valence-corrected chi connectivity index (χ0v) is 20.8. The molecule has 34 heavy (non-hydrogen) atoms. The van der Waals surface area contributed by atoms with Crippen LogP contribution in [0.5, 0.6) is 5.75 Å². The first-order valence-electron chi connectivity index (χ1n) is 11.3. The van der Waals surface area contributed by atoms with E-state index < -0.39 is 10.0 Å². The second-order valence-corrected chi connectivity index (χ2v) is 9.64. The molecule has 0 spiro atoms. The fourth-order valence-electron chi connectivity index (χ4n) is 3.72. The zero-order valence-electron chi connectivity index (χ0n) is 20.0. The maximum absolute atomic E-state index is 13.3. The summed E-state index contributed by atoms with van der Waals surface area (Å²) in [5, 5.41) is 3.26. The average Bonchev–Trinajstić information content (AvgIpc) is 2.86. The van der Waals surface area contributed by atoms with Crippen molar-refractivity contribution in [2.45, 2.75) is 44.6 Å². The third kappa shape index (κ3) is 5.81. The molecule has 0 bridgehead atoms. The van der Waals surface area contributed by atoms with Gasteiger partial charge in [-0.05, 0) is 49.6 Å². The lowest BCUT2D eigenvalue weighted by molar-refractivity contribution is 0.326. The van der Waals surface area contributed by atoms with Gasteiger partial charge in [-0.3, -0.25) is 0 Å². The number of aryl methyl sites for hydroxylation is 1. The SMILES string of the molecule is CC.COc1cc(-c2ccc(S(=O)(=O)N3CCC[C@@H](Nc4nccc(C)n4)C3)cc2)cnc1N. The van der Waals surface area contributed by atoms with Crippen LogP contribution in [0.3, 0.4) is 0 Å². The van der Waals surface area contributed by atoms with Gasteiger partial charge < -0.3 is 15.8 Å². The van der Waals surface area contributed by atoms with E-state index in [1.807, 2.05) is 26.8 Å². The molecule has 1 aromatic carbocycles. The number of pyridine rings is 1. The maximum atomic E-state index is 13.3. The van der Waals surface area contributed by atoms with Crippen molar-refractivity contribution in [2.24, 2.45) is 0 Å². The van der Waals surface area contributed by atoms with Crippen LogP contribution in [-0.4, -0.2) is 53.9 Å². The fourth-order valence-corrected chi connectivity index (χ4v) is 5.25. The molecule has 3 N–H and O–H groups in total. The molecule has 0 unspecified atom stereocenters. The van der Waals surface area contributed by atoms with E-state index in [-0.39, 0.29) is 10.9 Å². The van der Waals surface area contributed by atoms with E-state index in [1.165, 1.54) is 11.4 Å². The lowest BCUT2D eigenvalue weighted by atomic mass is 10.1. The van der Waals surface area contributed by atoms with E-state index >= 15 is 0 Å². The Morgan fingerprint density at radius 2 is 1.85 bits per heavy atom. The minimum absolute atomic E-state index is 0.0482. The zero-order chi connectivity index (χ0) is 24.7. The first kappa shape index (κ1) is 25.4. The van der Waals surface area contributed by atoms with Crippen molar-refractivity contribution in [1.29, 1.82) is 0 Å². The van der Waals surface area contributed by atoms with Crippen molar-refractivity contribution in [3.05, 3.63) is 54.5 Å². The van der Waals surface area contributed by atoms with Gasteiger partial charge in [-0.25, -0.2) is 23.4 Å². The minimum Gasteiger partial charge on any atom is -0.493 e. The van der Waals surface area contributed by atoms with Crippen LogP contribution < -0.4 is 15.8 Å². The van der Waals surface area contributed by atoms with Crippen molar-refractivity contribution >= 4 is 21.8 Å². The maximum Gasteiger partial charge on any atom is 0.243 e. The normalized spacial score (nSPS) is 16.3. The van der Waals surface area contributed by atoms with Crippen LogP contribution in [0.1, 0.15) is 32.4 Å². The van der Waals surface area contributed by atoms with E-state index in [9.17, 15) is 8.42 Å². The monoisotopic (exact) mass is 484 g/mol. The van der Waals surface area contributed by atoms with Crippen molar-refractivity contribution < 1.29 is 13.2 Å². The average molecular weight is 485 g/mol. The largest absolute Gasteiger partial charge is 0.493 e. The van der Waals surface area contributed by atoms with E-state index in [1.54, 1.807) is 42.7 Å². The Kier molecular flexibility index (Phi) is 8.41. The van der Waals surface area contributed by atoms with Crippen LogP contribution >= 0.6 is 0 Å². The number of hydrogen-bond acceptors (Lipinski definition) is 8. The second-order valence-electron chi connectivity index (χ2n) is 7.70. The summed E-state index contributed by atoms with van der Waals surface area (Å²) < 4.78 is 33.2. The second kappa shape index (κ2) is 11.3. The number of ether oxygens (including phenoxy) is 1. The highest BCUT2D eigenvalue weighted by molar-refractivity contribution is 7.89. The van der Waals surface area contributed by atoms with Crippen molar-refractivity contribution in [3.8, 4) is 16.9 Å². The van der Waals surface area contributed by atoms with Crippen LogP contribution in [0, 0.1) is 6.92 Å². The summed E-state index contributed by atoms with van der Waals surface area (Å²) in [6.45, 7) is 6.74. The molecule has 4 rings (SSSR count). The number of nitrogens with two attached hydrogens (primary N) is 1. The third-order valence-electron chi connectivity index (χ3n) is 5.44. The first-order chi connectivity index (χ1) is 16.4. The highest BCUT2D eigenvalue weighted by Gasteiger charge is 2.30. The fraction of sp³-hybridized carbons (Fsp3) is 0.375. The summed E-state index contributed by atoms with van der Waals surface area (Å²) in [4.78, 5) is 13.0. The van der Waals surface area contributed by atoms with E-state index in [2.05, 4.69) is 20.3 Å². The van der Waals surface area contributed by atoms with Crippen LogP contribution in [0.4, 0.5) is 11.8 Å². The molecule has 0 amide bonds. The molecule has 9 nitrogen and oxygen atoms in total. The van der Waals surface area contributed by atoms with Gasteiger partial charge in [0, 0.05) is 42.8 Å². The Balaban J connectivity index is 0.00000158. The Labute approximate surface area is 201 Å². The number of piperidine rings is 1. The summed E-state index contributed by atoms with van der Waals surface area (Å²) >= 11 is 0. The number of hydrogen-bond donors (Lipinski definition) is 2. The number of sulfonamides is 1. The first-order valence-corrected chi connectivity index (χ1v) is 12.8. The molecule has 3 heterocycles. The van der Waals surface area contributed by atoms with Gasteiger partial charge in [0.05, 0.1) is 12.0 Å². The van der Waals surface area contributed by atoms with Crippen LogP contribution in [-0.2, 0) is 10.0 Å². The van der Waals surface area contributed by atoms with Gasteiger partial charge in [0.25, 0.3) is 0 Å². The highest BCUT2D eigenvalue weighted by Crippen LogP contribution is 2.29. The molecule has 1 fully saturated rings. The van der Waals surface area contributed by atoms with Crippen molar-refractivity contribution in [2.75, 3.05) is 31.2 Å². The van der Waals surface area contributed by atoms with Gasteiger partial charge in [0.15, 0.2) is 11.6 Å². The highest BCUT2D eigenvalue weighted by atomic mass is 32.2. The molecule has 182 valence electrons. The Hall–Kier alpha value is -3.24. The molecule has 10 heteroatoms. The molecule has 0 aliphatic carbocycles. The lowest BCUT2D eigenvalue weighted by Crippen LogP contribution is -2.45. The summed E-state index contributed by atoms with van der Waals surface area (Å²) in [6.07, 6.45) is 4.94. The number of benzene rings is 1. The van der Waals surface area contributed by atoms with E-state index in [4.69, 9.17) is 10.5 Å². The summed E-state index contributed by atoms with van der Waals surface area (Å²) in [7, 11) is -2.10. The molecule has 1 saturated heterocycles. The molecule has 1 atom stereocenters. The van der Waals surface area contributed by atoms with Crippen LogP contribution in [0.25, 0.3) is 11.1 Å². The molecule has 2 aromatic heterocycles. The predicted molar refractivity (Wildman–Crippen MR) is 134 cm³/mol. The van der Waals surface area contributed by atoms with Gasteiger partial charge in [0.1, 0.15) is 0 Å². The van der Waals surface area contributed by atoms with Gasteiger partial charge in [0.2, 0.25) is 16.0 Å². The van der Waals surface area contributed by atoms with Crippen LogP contribution in [0.2, 0.25) is 0 Å². The minimum atomic E-state index is -3.62. The topological polar surface area (TPSA) is 123 Å². The number of rotatable bonds is 6. The molecular weight excluding hydrogens is 452 g/mol. The number of anilines is 2. The van der Waals surface area contributed by atoms with Gasteiger partial charge in [-0.15, -0.1) is 0 Å². The van der Waals surface area contributed by atoms with Crippen LogP contribution in [0.15, 0.2) is 53.7 Å². The van der Waals surface area contributed by atoms with Crippen molar-refractivity contribution in [1.82, 2.24) is 19.3 Å². The molecule has 3 aromatic rings. The number of aromatic nitrogens is 3. The quantitative estimate of drug-likeness (QED) is 0.542. The molecular formula is C24H32N6O3S. The molecule has 1 aliphatic heterocycles. The summed E-state index contributed by atoms with van der Waals surface area (Å²) in [5.74, 6) is 1.30. The lowest BCUT2D eigenvalue weighted by Gasteiger charge is -2.32. The Bertz CT molecular complexity index is 1200. The number of nitrogens with one attached hydrogen (secondary N) is 1. The Morgan fingerprint density at radius 1 is 1.12 bits per heavy atom. The number of nitrogen functional groups attached to an aromatic ring is 1. The van der Waals surface area contributed by atoms with Gasteiger partial charge in [-0.1, -0.05) is 26.0 Å². The number of methoxy groups -OCH3 is 1. The van der Waals surface area contributed by atoms with E-state index in [0.29, 0.717) is 30.6 Å². The predicted octanol–water partition coefficient (Wildman–Crippen LogP) is 3.73. The smallest absolute Gasteiger partial charge is 0.243 e.